The molecule has 1 N–H and O–H groups in total. The van der Waals surface area contributed by atoms with Gasteiger partial charge in [-0.15, -0.1) is 0 Å². The normalized spacial score (nSPS) is 15.8. The van der Waals surface area contributed by atoms with Crippen molar-refractivity contribution in [3.63, 3.8) is 0 Å². The summed E-state index contributed by atoms with van der Waals surface area (Å²) in [6.45, 7) is 2.13. The van der Waals surface area contributed by atoms with Crippen LogP contribution in [0, 0.1) is 32.1 Å². The Morgan fingerprint density at radius 3 is 2.34 bits per heavy atom. The number of nitro groups is 2. The van der Waals surface area contributed by atoms with Crippen LogP contribution < -0.4 is 10.2 Å². The summed E-state index contributed by atoms with van der Waals surface area (Å²) in [7, 11) is 1.61. The van der Waals surface area contributed by atoms with E-state index in [4.69, 9.17) is 4.74 Å². The fourth-order valence-electron chi connectivity index (χ4n) is 4.41. The maximum Gasteiger partial charge on any atom is 0.301 e. The summed E-state index contributed by atoms with van der Waals surface area (Å²) in [5.41, 5.74) is 3.97. The maximum atomic E-state index is 11.5. The number of nitro benzene ring substituents is 2. The van der Waals surface area contributed by atoms with Crippen molar-refractivity contribution in [2.75, 3.05) is 12.5 Å². The molecule has 32 heavy (non-hydrogen) atoms. The molecule has 1 saturated carbocycles. The zero-order valence-electron chi connectivity index (χ0n) is 18.3. The summed E-state index contributed by atoms with van der Waals surface area (Å²) in [6, 6.07) is 11.1. The molecule has 0 heterocycles. The van der Waals surface area contributed by atoms with E-state index in [-0.39, 0.29) is 23.0 Å². The lowest BCUT2D eigenvalue weighted by molar-refractivity contribution is -0.393. The Morgan fingerprint density at radius 1 is 1.09 bits per heavy atom. The summed E-state index contributed by atoms with van der Waals surface area (Å²) in [5.74, 6) is 1.41. The largest absolute Gasteiger partial charge is 0.497 e. The molecule has 1 atom stereocenters. The molecule has 0 saturated heterocycles. The molecule has 0 spiro atoms. The second-order valence-electron chi connectivity index (χ2n) is 7.97. The van der Waals surface area contributed by atoms with Crippen molar-refractivity contribution in [1.29, 1.82) is 0 Å². The van der Waals surface area contributed by atoms with Crippen LogP contribution in [-0.2, 0) is 0 Å². The van der Waals surface area contributed by atoms with Gasteiger partial charge in [-0.25, -0.2) is 0 Å². The first-order valence-corrected chi connectivity index (χ1v) is 10.9. The van der Waals surface area contributed by atoms with Gasteiger partial charge in [0.15, 0.2) is 0 Å². The monoisotopic (exact) mass is 440 g/mol. The van der Waals surface area contributed by atoms with Crippen LogP contribution in [-0.4, -0.2) is 22.7 Å². The van der Waals surface area contributed by atoms with E-state index < -0.39 is 9.85 Å². The van der Waals surface area contributed by atoms with Crippen LogP contribution in [0.15, 0.2) is 47.6 Å². The minimum absolute atomic E-state index is 0.116. The molecule has 1 fully saturated rings. The Bertz CT molecular complexity index is 984. The number of nitrogens with one attached hydrogen (secondary N) is 1. The third kappa shape index (κ3) is 5.40. The number of anilines is 1. The lowest BCUT2D eigenvalue weighted by Crippen LogP contribution is -2.27. The molecule has 3 rings (SSSR count). The number of hydrogen-bond donors (Lipinski definition) is 1. The fraction of sp³-hybridized carbons (Fsp3) is 0.435. The first-order chi connectivity index (χ1) is 15.4. The molecule has 2 aromatic carbocycles. The first-order valence-electron chi connectivity index (χ1n) is 10.9. The van der Waals surface area contributed by atoms with Crippen molar-refractivity contribution < 1.29 is 14.6 Å². The Morgan fingerprint density at radius 2 is 1.78 bits per heavy atom. The average Bonchev–Trinajstić information content (AvgIpc) is 2.82. The fourth-order valence-corrected chi connectivity index (χ4v) is 4.41. The van der Waals surface area contributed by atoms with Crippen molar-refractivity contribution in [1.82, 2.24) is 0 Å². The van der Waals surface area contributed by atoms with E-state index in [1.807, 2.05) is 24.3 Å². The van der Waals surface area contributed by atoms with Gasteiger partial charge in [0.2, 0.25) is 0 Å². The van der Waals surface area contributed by atoms with E-state index in [0.717, 1.165) is 42.4 Å². The van der Waals surface area contributed by atoms with Crippen LogP contribution in [0.25, 0.3) is 0 Å². The lowest BCUT2D eigenvalue weighted by Gasteiger charge is -2.30. The van der Waals surface area contributed by atoms with Gasteiger partial charge in [0.1, 0.15) is 11.4 Å². The number of rotatable bonds is 9. The molecule has 0 aromatic heterocycles. The molecule has 0 aliphatic heterocycles. The number of hydrogen-bond acceptors (Lipinski definition) is 7. The quantitative estimate of drug-likeness (QED) is 0.293. The predicted molar refractivity (Wildman–Crippen MR) is 123 cm³/mol. The SMILES string of the molecule is CC[C@H](/C(=N\Nc1ccc([N+](=O)[O-])cc1[N+](=O)[O-])c1ccc(OC)cc1)C1CCCCC1. The van der Waals surface area contributed by atoms with Gasteiger partial charge in [-0.1, -0.05) is 26.2 Å². The molecule has 1 aliphatic carbocycles. The minimum Gasteiger partial charge on any atom is -0.497 e. The topological polar surface area (TPSA) is 120 Å². The molecule has 170 valence electrons. The summed E-state index contributed by atoms with van der Waals surface area (Å²) >= 11 is 0. The van der Waals surface area contributed by atoms with Crippen molar-refractivity contribution in [3.05, 3.63) is 68.3 Å². The molecule has 0 unspecified atom stereocenters. The zero-order valence-corrected chi connectivity index (χ0v) is 18.3. The molecule has 2 aromatic rings. The Hall–Kier alpha value is -3.49. The maximum absolute atomic E-state index is 11.5. The van der Waals surface area contributed by atoms with Crippen LogP contribution >= 0.6 is 0 Å². The molecule has 9 nitrogen and oxygen atoms in total. The van der Waals surface area contributed by atoms with Crippen LogP contribution in [0.4, 0.5) is 17.1 Å². The number of hydrazone groups is 1. The highest BCUT2D eigenvalue weighted by Gasteiger charge is 2.28. The highest BCUT2D eigenvalue weighted by molar-refractivity contribution is 6.03. The first kappa shape index (κ1) is 23.2. The molecule has 0 bridgehead atoms. The zero-order chi connectivity index (χ0) is 23.1. The molecule has 9 heteroatoms. The van der Waals surface area contributed by atoms with E-state index >= 15 is 0 Å². The van der Waals surface area contributed by atoms with Crippen LogP contribution in [0.5, 0.6) is 5.75 Å². The van der Waals surface area contributed by atoms with E-state index in [0.29, 0.717) is 5.92 Å². The number of non-ortho nitro benzene ring substituents is 1. The summed E-state index contributed by atoms with van der Waals surface area (Å²) in [5, 5.41) is 27.2. The third-order valence-electron chi connectivity index (χ3n) is 6.08. The van der Waals surface area contributed by atoms with E-state index in [1.165, 1.54) is 31.4 Å². The summed E-state index contributed by atoms with van der Waals surface area (Å²) < 4.78 is 5.27. The van der Waals surface area contributed by atoms with Crippen LogP contribution in [0.1, 0.15) is 51.0 Å². The molecular formula is C23H28N4O5. The highest BCUT2D eigenvalue weighted by Crippen LogP contribution is 2.35. The molecule has 1 aliphatic rings. The number of nitrogens with zero attached hydrogens (tertiary/aromatic N) is 3. The van der Waals surface area contributed by atoms with Crippen molar-refractivity contribution in [3.8, 4) is 5.75 Å². The Labute approximate surface area is 186 Å². The van der Waals surface area contributed by atoms with Gasteiger partial charge in [0.25, 0.3) is 5.69 Å². The molecule has 0 radical (unpaired) electrons. The van der Waals surface area contributed by atoms with Gasteiger partial charge in [-0.2, -0.15) is 5.10 Å². The molecular weight excluding hydrogens is 412 g/mol. The predicted octanol–water partition coefficient (Wildman–Crippen LogP) is 5.93. The Balaban J connectivity index is 2.00. The van der Waals surface area contributed by atoms with Crippen molar-refractivity contribution in [2.45, 2.75) is 45.4 Å². The minimum atomic E-state index is -0.654. The molecule has 0 amide bonds. The van der Waals surface area contributed by atoms with Crippen molar-refractivity contribution >= 4 is 22.8 Å². The van der Waals surface area contributed by atoms with E-state index in [9.17, 15) is 20.2 Å². The smallest absolute Gasteiger partial charge is 0.301 e. The van der Waals surface area contributed by atoms with Gasteiger partial charge in [-0.05, 0) is 61.1 Å². The number of ether oxygens (including phenoxy) is 1. The summed E-state index contributed by atoms with van der Waals surface area (Å²) in [4.78, 5) is 21.2. The van der Waals surface area contributed by atoms with Gasteiger partial charge in [0, 0.05) is 12.0 Å². The average molecular weight is 441 g/mol. The van der Waals surface area contributed by atoms with Crippen molar-refractivity contribution in [2.24, 2.45) is 16.9 Å². The van der Waals surface area contributed by atoms with E-state index in [1.54, 1.807) is 7.11 Å². The van der Waals surface area contributed by atoms with Gasteiger partial charge in [-0.3, -0.25) is 25.7 Å². The van der Waals surface area contributed by atoms with Crippen LogP contribution in [0.3, 0.4) is 0 Å². The number of benzene rings is 2. The van der Waals surface area contributed by atoms with E-state index in [2.05, 4.69) is 17.5 Å². The third-order valence-corrected chi connectivity index (χ3v) is 6.08. The summed E-state index contributed by atoms with van der Waals surface area (Å²) in [6.07, 6.45) is 6.78. The second kappa shape index (κ2) is 10.7. The van der Waals surface area contributed by atoms with Crippen LogP contribution in [0.2, 0.25) is 0 Å². The van der Waals surface area contributed by atoms with Gasteiger partial charge < -0.3 is 4.74 Å². The highest BCUT2D eigenvalue weighted by atomic mass is 16.6. The lowest BCUT2D eigenvalue weighted by atomic mass is 9.75. The number of methoxy groups -OCH3 is 1. The Kier molecular flexibility index (Phi) is 7.75. The van der Waals surface area contributed by atoms with Gasteiger partial charge in [0.05, 0.1) is 28.7 Å². The van der Waals surface area contributed by atoms with Gasteiger partial charge >= 0.3 is 5.69 Å². The second-order valence-corrected chi connectivity index (χ2v) is 7.97. The standard InChI is InChI=1S/C23H28N4O5/c1-3-20(16-7-5-4-6-8-16)23(17-9-12-19(32-2)13-10-17)25-24-21-14-11-18(26(28)29)15-22(21)27(30)31/h9-16,20,24H,3-8H2,1-2H3/b25-23-/t20-/m0/s1.